The predicted octanol–water partition coefficient (Wildman–Crippen LogP) is 1.11. The molecule has 0 spiro atoms. The van der Waals surface area contributed by atoms with Gasteiger partial charge in [-0.15, -0.1) is 0 Å². The number of nitrogens with one attached hydrogen (secondary N) is 2. The average molecular weight is 208 g/mol. The summed E-state index contributed by atoms with van der Waals surface area (Å²) in [5.74, 6) is 1.45. The highest BCUT2D eigenvalue weighted by molar-refractivity contribution is 5.22. The summed E-state index contributed by atoms with van der Waals surface area (Å²) in [6.45, 7) is 2.14. The van der Waals surface area contributed by atoms with Crippen LogP contribution in [0.15, 0.2) is 4.52 Å². The zero-order valence-electron chi connectivity index (χ0n) is 8.70. The Morgan fingerprint density at radius 2 is 2.00 bits per heavy atom. The Kier molecular flexibility index (Phi) is 2.32. The lowest BCUT2D eigenvalue weighted by Gasteiger charge is -2.22. The fourth-order valence-corrected chi connectivity index (χ4v) is 1.94. The second kappa shape index (κ2) is 3.81. The summed E-state index contributed by atoms with van der Waals surface area (Å²) >= 11 is 0. The van der Waals surface area contributed by atoms with E-state index in [1.807, 2.05) is 0 Å². The molecule has 0 unspecified atom stereocenters. The van der Waals surface area contributed by atoms with Crippen molar-refractivity contribution in [1.29, 1.82) is 0 Å². The average Bonchev–Trinajstić information content (AvgIpc) is 3.02. The summed E-state index contributed by atoms with van der Waals surface area (Å²) in [5.41, 5.74) is 0. The second-order valence-electron chi connectivity index (χ2n) is 4.40. The number of hydrogen-bond donors (Lipinski definition) is 2. The van der Waals surface area contributed by atoms with Gasteiger partial charge in [0, 0.05) is 12.0 Å². The molecule has 2 heterocycles. The number of anilines is 1. The van der Waals surface area contributed by atoms with E-state index in [2.05, 4.69) is 20.8 Å². The molecule has 1 aromatic heterocycles. The van der Waals surface area contributed by atoms with Crippen LogP contribution < -0.4 is 10.6 Å². The van der Waals surface area contributed by atoms with Gasteiger partial charge in [-0.1, -0.05) is 5.16 Å². The minimum Gasteiger partial charge on any atom is -0.335 e. The van der Waals surface area contributed by atoms with E-state index in [9.17, 15) is 0 Å². The fourth-order valence-electron chi connectivity index (χ4n) is 1.94. The van der Waals surface area contributed by atoms with Crippen molar-refractivity contribution in [3.05, 3.63) is 5.82 Å². The Balaban J connectivity index is 1.60. The van der Waals surface area contributed by atoms with Crippen LogP contribution in [0.1, 0.15) is 37.4 Å². The molecule has 82 valence electrons. The molecule has 5 nitrogen and oxygen atoms in total. The van der Waals surface area contributed by atoms with Gasteiger partial charge in [-0.2, -0.15) is 4.98 Å². The summed E-state index contributed by atoms with van der Waals surface area (Å²) in [5, 5.41) is 10.6. The van der Waals surface area contributed by atoms with Crippen molar-refractivity contribution in [1.82, 2.24) is 15.5 Å². The van der Waals surface area contributed by atoms with Crippen molar-refractivity contribution in [3.63, 3.8) is 0 Å². The van der Waals surface area contributed by atoms with E-state index in [4.69, 9.17) is 4.52 Å². The zero-order valence-corrected chi connectivity index (χ0v) is 8.70. The molecule has 3 rings (SSSR count). The minimum atomic E-state index is 0.485. The summed E-state index contributed by atoms with van der Waals surface area (Å²) < 4.78 is 5.18. The Hall–Kier alpha value is -1.10. The normalized spacial score (nSPS) is 22.9. The van der Waals surface area contributed by atoms with Crippen molar-refractivity contribution in [2.45, 2.75) is 37.6 Å². The molecular formula is C10H16N4O. The van der Waals surface area contributed by atoms with Crippen molar-refractivity contribution >= 4 is 6.01 Å². The first-order chi connectivity index (χ1) is 7.42. The van der Waals surface area contributed by atoms with Crippen molar-refractivity contribution in [2.75, 3.05) is 18.4 Å². The maximum Gasteiger partial charge on any atom is 0.321 e. The van der Waals surface area contributed by atoms with E-state index in [0.29, 0.717) is 18.0 Å². The van der Waals surface area contributed by atoms with Gasteiger partial charge in [0.05, 0.1) is 0 Å². The molecule has 0 atom stereocenters. The molecular weight excluding hydrogens is 192 g/mol. The number of rotatable bonds is 3. The van der Waals surface area contributed by atoms with Gasteiger partial charge < -0.3 is 15.2 Å². The van der Waals surface area contributed by atoms with Gasteiger partial charge in [-0.25, -0.2) is 0 Å². The molecule has 2 N–H and O–H groups in total. The third-order valence-corrected chi connectivity index (χ3v) is 3.05. The van der Waals surface area contributed by atoms with E-state index in [1.54, 1.807) is 0 Å². The Bertz CT molecular complexity index is 328. The molecule has 0 amide bonds. The molecule has 1 aliphatic carbocycles. The van der Waals surface area contributed by atoms with E-state index in [-0.39, 0.29) is 0 Å². The van der Waals surface area contributed by atoms with Gasteiger partial charge in [-0.3, -0.25) is 0 Å². The first-order valence-corrected chi connectivity index (χ1v) is 5.72. The molecule has 1 saturated heterocycles. The Morgan fingerprint density at radius 3 is 2.73 bits per heavy atom. The lowest BCUT2D eigenvalue weighted by atomic mass is 10.1. The molecule has 0 radical (unpaired) electrons. The summed E-state index contributed by atoms with van der Waals surface area (Å²) in [4.78, 5) is 4.36. The highest BCUT2D eigenvalue weighted by Crippen LogP contribution is 2.38. The van der Waals surface area contributed by atoms with E-state index >= 15 is 0 Å². The second-order valence-corrected chi connectivity index (χ2v) is 4.40. The van der Waals surface area contributed by atoms with Gasteiger partial charge in [0.15, 0.2) is 5.82 Å². The van der Waals surface area contributed by atoms with Crippen molar-refractivity contribution in [2.24, 2.45) is 0 Å². The minimum absolute atomic E-state index is 0.485. The maximum atomic E-state index is 5.18. The number of hydrogen-bond acceptors (Lipinski definition) is 5. The van der Waals surface area contributed by atoms with Crippen LogP contribution >= 0.6 is 0 Å². The van der Waals surface area contributed by atoms with Gasteiger partial charge in [0.2, 0.25) is 0 Å². The first-order valence-electron chi connectivity index (χ1n) is 5.72. The van der Waals surface area contributed by atoms with Crippen LogP contribution in [0.25, 0.3) is 0 Å². The van der Waals surface area contributed by atoms with Crippen LogP contribution in [0.2, 0.25) is 0 Å². The van der Waals surface area contributed by atoms with Crippen LogP contribution in [0.4, 0.5) is 6.01 Å². The lowest BCUT2D eigenvalue weighted by Crippen LogP contribution is -2.35. The van der Waals surface area contributed by atoms with Crippen LogP contribution in [-0.2, 0) is 0 Å². The number of piperidine rings is 1. The van der Waals surface area contributed by atoms with Crippen LogP contribution in [0, 0.1) is 0 Å². The van der Waals surface area contributed by atoms with Crippen LogP contribution in [0.5, 0.6) is 0 Å². The van der Waals surface area contributed by atoms with Crippen molar-refractivity contribution < 1.29 is 4.52 Å². The predicted molar refractivity (Wildman–Crippen MR) is 55.8 cm³/mol. The van der Waals surface area contributed by atoms with E-state index in [1.165, 1.54) is 12.8 Å². The Morgan fingerprint density at radius 1 is 1.20 bits per heavy atom. The summed E-state index contributed by atoms with van der Waals surface area (Å²) in [6.07, 6.45) is 4.68. The number of nitrogens with zero attached hydrogens (tertiary/aromatic N) is 2. The topological polar surface area (TPSA) is 63.0 Å². The molecule has 1 aliphatic heterocycles. The standard InChI is InChI=1S/C10H16N4O/c1-2-7(1)9-13-10(15-14-9)12-8-3-5-11-6-4-8/h7-8,11H,1-6H2,(H,12,13,14). The van der Waals surface area contributed by atoms with Gasteiger partial charge >= 0.3 is 6.01 Å². The highest BCUT2D eigenvalue weighted by atomic mass is 16.5. The monoisotopic (exact) mass is 208 g/mol. The highest BCUT2D eigenvalue weighted by Gasteiger charge is 2.29. The fraction of sp³-hybridized carbons (Fsp3) is 0.800. The van der Waals surface area contributed by atoms with E-state index < -0.39 is 0 Å². The molecule has 5 heteroatoms. The molecule has 1 aromatic rings. The Labute approximate surface area is 88.6 Å². The number of aromatic nitrogens is 2. The van der Waals surface area contributed by atoms with Crippen LogP contribution in [0.3, 0.4) is 0 Å². The largest absolute Gasteiger partial charge is 0.335 e. The zero-order chi connectivity index (χ0) is 10.1. The van der Waals surface area contributed by atoms with Gasteiger partial charge in [-0.05, 0) is 38.8 Å². The molecule has 0 aromatic carbocycles. The SMILES string of the molecule is C1CC(Nc2nc(C3CC3)no2)CCN1. The van der Waals surface area contributed by atoms with Crippen LogP contribution in [-0.4, -0.2) is 29.3 Å². The summed E-state index contributed by atoms with van der Waals surface area (Å²) in [6, 6.07) is 1.09. The van der Waals surface area contributed by atoms with E-state index in [0.717, 1.165) is 31.8 Å². The quantitative estimate of drug-likeness (QED) is 0.779. The first kappa shape index (κ1) is 9.15. The molecule has 1 saturated carbocycles. The van der Waals surface area contributed by atoms with Crippen molar-refractivity contribution in [3.8, 4) is 0 Å². The molecule has 2 fully saturated rings. The lowest BCUT2D eigenvalue weighted by molar-refractivity contribution is 0.406. The molecule has 0 bridgehead atoms. The molecule has 15 heavy (non-hydrogen) atoms. The third-order valence-electron chi connectivity index (χ3n) is 3.05. The maximum absolute atomic E-state index is 5.18. The van der Waals surface area contributed by atoms with Gasteiger partial charge in [0.25, 0.3) is 0 Å². The molecule has 2 aliphatic rings. The summed E-state index contributed by atoms with van der Waals surface area (Å²) in [7, 11) is 0. The van der Waals surface area contributed by atoms with Gasteiger partial charge in [0.1, 0.15) is 0 Å². The smallest absolute Gasteiger partial charge is 0.321 e. The third kappa shape index (κ3) is 2.12.